The second-order valence-electron chi connectivity index (χ2n) is 5.94. The number of rotatable bonds is 5. The van der Waals surface area contributed by atoms with Gasteiger partial charge in [0.2, 0.25) is 0 Å². The van der Waals surface area contributed by atoms with Gasteiger partial charge >= 0.3 is 6.03 Å². The van der Waals surface area contributed by atoms with Gasteiger partial charge in [-0.25, -0.2) is 9.18 Å². The first kappa shape index (κ1) is 20.2. The molecule has 29 heavy (non-hydrogen) atoms. The molecule has 3 rings (SSSR count). The lowest BCUT2D eigenvalue weighted by Crippen LogP contribution is -2.19. The summed E-state index contributed by atoms with van der Waals surface area (Å²) >= 11 is 5.89. The zero-order valence-electron chi connectivity index (χ0n) is 15.3. The number of hydrogen-bond acceptors (Lipinski definition) is 3. The molecule has 148 valence electrons. The van der Waals surface area contributed by atoms with E-state index in [1.54, 1.807) is 48.5 Å². The number of urea groups is 1. The quantitative estimate of drug-likeness (QED) is 0.532. The van der Waals surface area contributed by atoms with Gasteiger partial charge in [-0.15, -0.1) is 0 Å². The fourth-order valence-electron chi connectivity index (χ4n) is 2.48. The molecule has 0 saturated carbocycles. The number of amides is 3. The molecule has 3 aromatic carbocycles. The molecule has 0 heterocycles. The summed E-state index contributed by atoms with van der Waals surface area (Å²) in [6, 6.07) is 16.8. The van der Waals surface area contributed by atoms with Crippen molar-refractivity contribution in [3.8, 4) is 11.5 Å². The van der Waals surface area contributed by atoms with E-state index < -0.39 is 17.8 Å². The van der Waals surface area contributed by atoms with E-state index in [-0.39, 0.29) is 5.56 Å². The van der Waals surface area contributed by atoms with Gasteiger partial charge in [0.15, 0.2) is 0 Å². The van der Waals surface area contributed by atoms with Crippen LogP contribution in [0.25, 0.3) is 0 Å². The summed E-state index contributed by atoms with van der Waals surface area (Å²) in [6.45, 7) is 0. The van der Waals surface area contributed by atoms with E-state index >= 15 is 0 Å². The zero-order chi connectivity index (χ0) is 20.8. The number of carbonyl (C=O) groups excluding carboxylic acids is 2. The monoisotopic (exact) mass is 413 g/mol. The highest BCUT2D eigenvalue weighted by atomic mass is 35.5. The van der Waals surface area contributed by atoms with Crippen molar-refractivity contribution in [1.82, 2.24) is 5.32 Å². The molecule has 0 atom stereocenters. The highest BCUT2D eigenvalue weighted by Gasteiger charge is 2.12. The smallest absolute Gasteiger partial charge is 0.323 e. The van der Waals surface area contributed by atoms with Gasteiger partial charge in [0.1, 0.15) is 17.3 Å². The highest BCUT2D eigenvalue weighted by Crippen LogP contribution is 2.25. The molecule has 3 amide bonds. The number of carbonyl (C=O) groups is 2. The minimum Gasteiger partial charge on any atom is -0.457 e. The third kappa shape index (κ3) is 5.46. The molecule has 0 spiro atoms. The molecule has 0 saturated heterocycles. The predicted molar refractivity (Wildman–Crippen MR) is 110 cm³/mol. The number of ether oxygens (including phenoxy) is 1. The summed E-state index contributed by atoms with van der Waals surface area (Å²) < 4.78 is 19.4. The lowest BCUT2D eigenvalue weighted by molar-refractivity contribution is 0.0958. The van der Waals surface area contributed by atoms with Crippen molar-refractivity contribution in [3.05, 3.63) is 83.1 Å². The lowest BCUT2D eigenvalue weighted by Gasteiger charge is -2.10. The Kier molecular flexibility index (Phi) is 6.31. The number of benzene rings is 3. The molecule has 0 unspecified atom stereocenters. The summed E-state index contributed by atoms with van der Waals surface area (Å²) in [5.41, 5.74) is 1.00. The number of nitrogens with one attached hydrogen (secondary N) is 3. The molecular weight excluding hydrogens is 397 g/mol. The van der Waals surface area contributed by atoms with Gasteiger partial charge in [0.25, 0.3) is 5.91 Å². The van der Waals surface area contributed by atoms with Gasteiger partial charge in [-0.05, 0) is 60.7 Å². The van der Waals surface area contributed by atoms with Gasteiger partial charge in [0.05, 0.1) is 5.56 Å². The molecule has 0 aliphatic rings. The Morgan fingerprint density at radius 3 is 2.28 bits per heavy atom. The molecule has 0 aliphatic carbocycles. The Bertz CT molecular complexity index is 1040. The maximum atomic E-state index is 13.7. The van der Waals surface area contributed by atoms with Crippen LogP contribution in [0.2, 0.25) is 5.02 Å². The summed E-state index contributed by atoms with van der Waals surface area (Å²) in [6.07, 6.45) is 0. The van der Waals surface area contributed by atoms with E-state index in [1.165, 1.54) is 19.2 Å². The minimum absolute atomic E-state index is 0.110. The van der Waals surface area contributed by atoms with Crippen molar-refractivity contribution in [2.75, 3.05) is 17.7 Å². The third-order valence-electron chi connectivity index (χ3n) is 3.84. The minimum atomic E-state index is -0.637. The Morgan fingerprint density at radius 1 is 0.897 bits per heavy atom. The first-order valence-corrected chi connectivity index (χ1v) is 8.95. The Labute approximate surface area is 171 Å². The van der Waals surface area contributed by atoms with E-state index in [0.717, 1.165) is 6.07 Å². The summed E-state index contributed by atoms with van der Waals surface area (Å²) in [5.74, 6) is -0.412. The molecule has 8 heteroatoms. The second-order valence-corrected chi connectivity index (χ2v) is 6.37. The van der Waals surface area contributed by atoms with Gasteiger partial charge in [0, 0.05) is 23.4 Å². The molecule has 0 radical (unpaired) electrons. The molecule has 0 aliphatic heterocycles. The van der Waals surface area contributed by atoms with Crippen LogP contribution in [0.5, 0.6) is 11.5 Å². The first-order chi connectivity index (χ1) is 13.9. The van der Waals surface area contributed by atoms with Crippen LogP contribution in [0.4, 0.5) is 20.6 Å². The summed E-state index contributed by atoms with van der Waals surface area (Å²) in [5, 5.41) is 8.25. The molecule has 0 fully saturated rings. The molecule has 0 aromatic heterocycles. The van der Waals surface area contributed by atoms with Gasteiger partial charge in [-0.3, -0.25) is 4.79 Å². The van der Waals surface area contributed by atoms with E-state index in [4.69, 9.17) is 16.3 Å². The van der Waals surface area contributed by atoms with Crippen molar-refractivity contribution in [2.45, 2.75) is 0 Å². The predicted octanol–water partition coefficient (Wildman–Crippen LogP) is 5.28. The van der Waals surface area contributed by atoms with Crippen LogP contribution in [0.1, 0.15) is 10.4 Å². The number of halogens is 2. The largest absolute Gasteiger partial charge is 0.457 e. The Hall–Kier alpha value is -3.58. The standard InChI is InChI=1S/C21H17ClFN3O3/c1-24-20(27)18-12-17(9-10-19(18)23)29-16-7-5-14(6-8-16)25-21(28)26-15-4-2-3-13(22)11-15/h2-12H,1H3,(H,24,27)(H2,25,26,28). The molecule has 3 N–H and O–H groups in total. The van der Waals surface area contributed by atoms with Gasteiger partial charge in [-0.2, -0.15) is 0 Å². The Morgan fingerprint density at radius 2 is 1.59 bits per heavy atom. The molecular formula is C21H17ClFN3O3. The first-order valence-electron chi connectivity index (χ1n) is 8.58. The van der Waals surface area contributed by atoms with E-state index in [1.807, 2.05) is 0 Å². The summed E-state index contributed by atoms with van der Waals surface area (Å²) in [7, 11) is 1.42. The van der Waals surface area contributed by atoms with Gasteiger partial charge < -0.3 is 20.7 Å². The van der Waals surface area contributed by atoms with E-state index in [2.05, 4.69) is 16.0 Å². The van der Waals surface area contributed by atoms with Crippen molar-refractivity contribution in [2.24, 2.45) is 0 Å². The van der Waals surface area contributed by atoms with E-state index in [9.17, 15) is 14.0 Å². The van der Waals surface area contributed by atoms with Crippen molar-refractivity contribution >= 4 is 34.9 Å². The van der Waals surface area contributed by atoms with Crippen LogP contribution in [-0.4, -0.2) is 19.0 Å². The lowest BCUT2D eigenvalue weighted by atomic mass is 10.2. The SMILES string of the molecule is CNC(=O)c1cc(Oc2ccc(NC(=O)Nc3cccc(Cl)c3)cc2)ccc1F. The summed E-state index contributed by atoms with van der Waals surface area (Å²) in [4.78, 5) is 23.7. The normalized spacial score (nSPS) is 10.2. The maximum Gasteiger partial charge on any atom is 0.323 e. The van der Waals surface area contributed by atoms with Crippen LogP contribution in [-0.2, 0) is 0 Å². The zero-order valence-corrected chi connectivity index (χ0v) is 16.1. The fourth-order valence-corrected chi connectivity index (χ4v) is 2.67. The van der Waals surface area contributed by atoms with Crippen molar-refractivity contribution in [1.29, 1.82) is 0 Å². The van der Waals surface area contributed by atoms with Crippen LogP contribution in [0, 0.1) is 5.82 Å². The molecule has 0 bridgehead atoms. The third-order valence-corrected chi connectivity index (χ3v) is 4.07. The van der Waals surface area contributed by atoms with Gasteiger partial charge in [-0.1, -0.05) is 17.7 Å². The maximum absolute atomic E-state index is 13.7. The highest BCUT2D eigenvalue weighted by molar-refractivity contribution is 6.30. The van der Waals surface area contributed by atoms with Crippen molar-refractivity contribution in [3.63, 3.8) is 0 Å². The number of anilines is 2. The second kappa shape index (κ2) is 9.07. The van der Waals surface area contributed by atoms with E-state index in [0.29, 0.717) is 27.9 Å². The number of hydrogen-bond donors (Lipinski definition) is 3. The van der Waals surface area contributed by atoms with Crippen molar-refractivity contribution < 1.29 is 18.7 Å². The van der Waals surface area contributed by atoms with Crippen LogP contribution in [0.3, 0.4) is 0 Å². The fraction of sp³-hybridized carbons (Fsp3) is 0.0476. The van der Waals surface area contributed by atoms with Crippen LogP contribution >= 0.6 is 11.6 Å². The van der Waals surface area contributed by atoms with Crippen LogP contribution < -0.4 is 20.7 Å². The average Bonchev–Trinajstić information content (AvgIpc) is 2.70. The average molecular weight is 414 g/mol. The molecule has 3 aromatic rings. The topological polar surface area (TPSA) is 79.5 Å². The molecule has 6 nitrogen and oxygen atoms in total. The Balaban J connectivity index is 1.63. The van der Waals surface area contributed by atoms with Crippen LogP contribution in [0.15, 0.2) is 66.7 Å².